The van der Waals surface area contributed by atoms with Crippen LogP contribution in [0.2, 0.25) is 0 Å². The molecule has 4 nitrogen and oxygen atoms in total. The van der Waals surface area contributed by atoms with Crippen LogP contribution in [0.1, 0.15) is 29.5 Å². The molecule has 0 aliphatic carbocycles. The molecule has 0 saturated heterocycles. The molecule has 2 atom stereocenters. The predicted molar refractivity (Wildman–Crippen MR) is 116 cm³/mol. The Morgan fingerprint density at radius 1 is 1.06 bits per heavy atom. The van der Waals surface area contributed by atoms with Crippen LogP contribution in [0.3, 0.4) is 0 Å². The first-order valence-electron chi connectivity index (χ1n) is 10.1. The van der Waals surface area contributed by atoms with Crippen LogP contribution in [0, 0.1) is 0 Å². The van der Waals surface area contributed by atoms with Gasteiger partial charge >= 0.3 is 6.18 Å². The summed E-state index contributed by atoms with van der Waals surface area (Å²) >= 11 is 0. The molecule has 3 aromatic carbocycles. The molecule has 0 saturated carbocycles. The molecule has 1 heterocycles. The van der Waals surface area contributed by atoms with Crippen molar-refractivity contribution in [2.24, 2.45) is 0 Å². The molecule has 1 N–H and O–H groups in total. The highest BCUT2D eigenvalue weighted by Gasteiger charge is 2.41. The lowest BCUT2D eigenvalue weighted by Gasteiger charge is -2.21. The van der Waals surface area contributed by atoms with Crippen molar-refractivity contribution in [1.82, 2.24) is 5.32 Å². The smallest absolute Gasteiger partial charge is 0.416 e. The Morgan fingerprint density at radius 3 is 2.50 bits per heavy atom. The second kappa shape index (κ2) is 8.22. The number of hydrogen-bond donors (Lipinski definition) is 1. The van der Waals surface area contributed by atoms with E-state index in [4.69, 9.17) is 9.47 Å². The van der Waals surface area contributed by atoms with E-state index in [2.05, 4.69) is 5.32 Å². The van der Waals surface area contributed by atoms with Crippen molar-refractivity contribution in [2.45, 2.75) is 25.1 Å². The van der Waals surface area contributed by atoms with Crippen LogP contribution in [-0.4, -0.2) is 26.0 Å². The molecule has 0 radical (unpaired) electrons. The Labute approximate surface area is 183 Å². The summed E-state index contributed by atoms with van der Waals surface area (Å²) in [5.74, 6) is 0.143. The number of benzene rings is 3. The molecule has 166 valence electrons. The minimum absolute atomic E-state index is 0.119. The summed E-state index contributed by atoms with van der Waals surface area (Å²) in [6, 6.07) is 16.2. The second-order valence-electron chi connectivity index (χ2n) is 7.66. The van der Waals surface area contributed by atoms with Crippen molar-refractivity contribution >= 4 is 22.1 Å². The average Bonchev–Trinajstić information content (AvgIpc) is 3.13. The molecule has 2 unspecified atom stereocenters. The third kappa shape index (κ3) is 3.79. The van der Waals surface area contributed by atoms with E-state index in [9.17, 15) is 18.0 Å². The van der Waals surface area contributed by atoms with Gasteiger partial charge in [0.1, 0.15) is 5.75 Å². The van der Waals surface area contributed by atoms with Crippen LogP contribution >= 0.6 is 0 Å². The lowest BCUT2D eigenvalue weighted by Crippen LogP contribution is -2.25. The third-order valence-corrected chi connectivity index (χ3v) is 5.75. The highest BCUT2D eigenvalue weighted by molar-refractivity contribution is 6.25. The summed E-state index contributed by atoms with van der Waals surface area (Å²) in [4.78, 5) is 13.4. The number of carbonyl (C=O) groups excluding carboxylic acids is 1. The zero-order valence-electron chi connectivity index (χ0n) is 17.8. The van der Waals surface area contributed by atoms with Crippen molar-refractivity contribution in [3.8, 4) is 5.75 Å². The van der Waals surface area contributed by atoms with Gasteiger partial charge in [-0.2, -0.15) is 13.2 Å². The summed E-state index contributed by atoms with van der Waals surface area (Å²) < 4.78 is 50.9. The molecule has 4 rings (SSSR count). The molecule has 1 aliphatic rings. The number of rotatable bonds is 5. The number of nitrogens with one attached hydrogen (secondary N) is 1. The quantitative estimate of drug-likeness (QED) is 0.566. The highest BCUT2D eigenvalue weighted by atomic mass is 19.4. The van der Waals surface area contributed by atoms with Crippen LogP contribution in [0.25, 0.3) is 16.3 Å². The van der Waals surface area contributed by atoms with Gasteiger partial charge in [0.05, 0.1) is 18.2 Å². The number of alkyl halides is 3. The molecule has 0 bridgehead atoms. The Bertz CT molecular complexity index is 1220. The molecule has 0 aromatic heterocycles. The van der Waals surface area contributed by atoms with E-state index in [0.717, 1.165) is 28.5 Å². The van der Waals surface area contributed by atoms with E-state index in [0.29, 0.717) is 5.75 Å². The Hall–Kier alpha value is -3.48. The average molecular weight is 441 g/mol. The van der Waals surface area contributed by atoms with E-state index in [-0.39, 0.29) is 28.7 Å². The molecule has 3 aromatic rings. The Kier molecular flexibility index (Phi) is 5.59. The van der Waals surface area contributed by atoms with E-state index >= 15 is 0 Å². The molecule has 7 heteroatoms. The minimum atomic E-state index is -4.51. The van der Waals surface area contributed by atoms with Gasteiger partial charge in [0.2, 0.25) is 5.78 Å². The number of carbonyl (C=O) groups is 1. The maximum Gasteiger partial charge on any atom is 0.416 e. The number of fused-ring (bicyclic) bond motifs is 1. The Morgan fingerprint density at radius 2 is 1.81 bits per heavy atom. The maximum absolute atomic E-state index is 13.4. The summed E-state index contributed by atoms with van der Waals surface area (Å²) in [6.45, 7) is 1.87. The first kappa shape index (κ1) is 21.7. The number of halogens is 3. The van der Waals surface area contributed by atoms with Gasteiger partial charge < -0.3 is 14.8 Å². The lowest BCUT2D eigenvalue weighted by molar-refractivity contribution is -0.137. The topological polar surface area (TPSA) is 47.6 Å². The van der Waals surface area contributed by atoms with Crippen LogP contribution in [0.4, 0.5) is 13.2 Å². The number of ether oxygens (including phenoxy) is 2. The zero-order valence-corrected chi connectivity index (χ0v) is 17.8. The largest absolute Gasteiger partial charge is 0.497 e. The van der Waals surface area contributed by atoms with Crippen LogP contribution in [0.15, 0.2) is 66.5 Å². The van der Waals surface area contributed by atoms with E-state index in [1.807, 2.05) is 43.3 Å². The number of methoxy groups -OCH3 is 1. The molecule has 0 fully saturated rings. The summed E-state index contributed by atoms with van der Waals surface area (Å²) in [7, 11) is 3.16. The number of Topliss-reactive ketones (excluding diaryl/α,β-unsaturated/α-hetero) is 1. The zero-order chi connectivity index (χ0) is 23.0. The second-order valence-corrected chi connectivity index (χ2v) is 7.66. The number of hydrogen-bond acceptors (Lipinski definition) is 4. The predicted octanol–water partition coefficient (Wildman–Crippen LogP) is 5.53. The fourth-order valence-corrected chi connectivity index (χ4v) is 4.09. The SMILES string of the molecule is CNC1=C(c2cccc(C(F)(F)F)c2)C(=O)C(C(C)c2cccc3ccc(OC)cc23)O1. The number of ketones is 1. The molecule has 1 aliphatic heterocycles. The fourth-order valence-electron chi connectivity index (χ4n) is 4.09. The van der Waals surface area contributed by atoms with E-state index in [1.54, 1.807) is 14.2 Å². The van der Waals surface area contributed by atoms with Gasteiger partial charge in [-0.25, -0.2) is 0 Å². The minimum Gasteiger partial charge on any atom is -0.497 e. The molecule has 0 spiro atoms. The van der Waals surface area contributed by atoms with Crippen LogP contribution in [-0.2, 0) is 15.7 Å². The van der Waals surface area contributed by atoms with Crippen LogP contribution < -0.4 is 10.1 Å². The van der Waals surface area contributed by atoms with Crippen molar-refractivity contribution in [1.29, 1.82) is 0 Å². The van der Waals surface area contributed by atoms with Crippen molar-refractivity contribution in [3.05, 3.63) is 83.2 Å². The monoisotopic (exact) mass is 441 g/mol. The van der Waals surface area contributed by atoms with E-state index in [1.165, 1.54) is 12.1 Å². The normalized spacial score (nSPS) is 17.4. The van der Waals surface area contributed by atoms with Crippen LogP contribution in [0.5, 0.6) is 5.75 Å². The standard InChI is InChI=1S/C25H22F3NO3/c1-14(19-9-5-6-15-10-11-18(31-3)13-20(15)19)23-22(30)21(24(29-2)32-23)16-7-4-8-17(12-16)25(26,27)28/h4-14,23,29H,1-3H3. The van der Waals surface area contributed by atoms with Crippen molar-refractivity contribution in [3.63, 3.8) is 0 Å². The van der Waals surface area contributed by atoms with Gasteiger partial charge in [0.25, 0.3) is 0 Å². The van der Waals surface area contributed by atoms with E-state index < -0.39 is 17.8 Å². The van der Waals surface area contributed by atoms with Crippen molar-refractivity contribution < 1.29 is 27.4 Å². The summed E-state index contributed by atoms with van der Waals surface area (Å²) in [5, 5.41) is 4.74. The molecule has 32 heavy (non-hydrogen) atoms. The molecular formula is C25H22F3NO3. The van der Waals surface area contributed by atoms with Gasteiger partial charge in [0.15, 0.2) is 12.0 Å². The van der Waals surface area contributed by atoms with Gasteiger partial charge in [0, 0.05) is 13.0 Å². The highest BCUT2D eigenvalue weighted by Crippen LogP contribution is 2.39. The third-order valence-electron chi connectivity index (χ3n) is 5.75. The molecule has 0 amide bonds. The van der Waals surface area contributed by atoms with Gasteiger partial charge in [-0.1, -0.05) is 43.3 Å². The van der Waals surface area contributed by atoms with Gasteiger partial charge in [-0.15, -0.1) is 0 Å². The summed E-state index contributed by atoms with van der Waals surface area (Å²) in [6.07, 6.45) is -5.38. The fraction of sp³-hybridized carbons (Fsp3) is 0.240. The van der Waals surface area contributed by atoms with Gasteiger partial charge in [-0.05, 0) is 46.2 Å². The maximum atomic E-state index is 13.4. The Balaban J connectivity index is 1.73. The first-order chi connectivity index (χ1) is 15.2. The van der Waals surface area contributed by atoms with Gasteiger partial charge in [-0.3, -0.25) is 4.79 Å². The lowest BCUT2D eigenvalue weighted by atomic mass is 9.87. The summed E-state index contributed by atoms with van der Waals surface area (Å²) in [5.41, 5.74) is 0.362. The van der Waals surface area contributed by atoms with Crippen molar-refractivity contribution in [2.75, 3.05) is 14.2 Å². The molecular weight excluding hydrogens is 419 g/mol. The first-order valence-corrected chi connectivity index (χ1v) is 10.1.